The van der Waals surface area contributed by atoms with Gasteiger partial charge in [0.2, 0.25) is 11.6 Å². The first kappa shape index (κ1) is 12.5. The van der Waals surface area contributed by atoms with E-state index in [-0.39, 0.29) is 18.0 Å². The number of phenolic OH excluding ortho intramolecular Hbond substituents is 1. The van der Waals surface area contributed by atoms with Gasteiger partial charge in [0.05, 0.1) is 21.3 Å². The predicted molar refractivity (Wildman–Crippen MR) is 55.0 cm³/mol. The molecule has 6 heteroatoms. The summed E-state index contributed by atoms with van der Waals surface area (Å²) >= 11 is 0. The van der Waals surface area contributed by atoms with Crippen molar-refractivity contribution in [1.29, 1.82) is 0 Å². The molecule has 1 aromatic rings. The molecule has 0 aliphatic rings. The average molecular weight is 231 g/mol. The molecule has 1 aromatic carbocycles. The fourth-order valence-electron chi connectivity index (χ4n) is 1.28. The van der Waals surface area contributed by atoms with Crippen LogP contribution in [0.2, 0.25) is 0 Å². The van der Waals surface area contributed by atoms with E-state index in [2.05, 4.69) is 10.3 Å². The number of ether oxygens (including phenoxy) is 2. The first-order valence-corrected chi connectivity index (χ1v) is 4.53. The summed E-state index contributed by atoms with van der Waals surface area (Å²) in [6.07, 6.45) is 0. The summed E-state index contributed by atoms with van der Waals surface area (Å²) < 4.78 is 23.4. The zero-order valence-corrected chi connectivity index (χ0v) is 9.33. The summed E-state index contributed by atoms with van der Waals surface area (Å²) in [5, 5.41) is 9.55. The van der Waals surface area contributed by atoms with Crippen molar-refractivity contribution in [2.24, 2.45) is 0 Å². The molecule has 0 aliphatic carbocycles. The van der Waals surface area contributed by atoms with Crippen LogP contribution in [0.5, 0.6) is 17.2 Å². The largest absolute Gasteiger partial charge is 0.504 e. The molecule has 1 rings (SSSR count). The molecule has 0 saturated heterocycles. The summed E-state index contributed by atoms with van der Waals surface area (Å²) in [5.74, 6) is -1.25. The zero-order chi connectivity index (χ0) is 12.1. The number of halogens is 1. The van der Waals surface area contributed by atoms with Crippen molar-refractivity contribution in [1.82, 2.24) is 5.48 Å². The maximum absolute atomic E-state index is 13.6. The van der Waals surface area contributed by atoms with Crippen molar-refractivity contribution in [3.05, 3.63) is 17.4 Å². The summed E-state index contributed by atoms with van der Waals surface area (Å²) in [6.45, 7) is 0.152. The van der Waals surface area contributed by atoms with Gasteiger partial charge in [-0.15, -0.1) is 0 Å². The Morgan fingerprint density at radius 3 is 2.50 bits per heavy atom. The Labute approximate surface area is 92.7 Å². The first-order valence-electron chi connectivity index (χ1n) is 4.53. The molecule has 0 bridgehead atoms. The average Bonchev–Trinajstić information content (AvgIpc) is 2.30. The lowest BCUT2D eigenvalue weighted by Gasteiger charge is -2.13. The summed E-state index contributed by atoms with van der Waals surface area (Å²) in [5.41, 5.74) is 2.82. The summed E-state index contributed by atoms with van der Waals surface area (Å²) in [6, 6.07) is 1.48. The maximum atomic E-state index is 13.6. The lowest BCUT2D eigenvalue weighted by atomic mass is 10.1. The van der Waals surface area contributed by atoms with E-state index in [1.165, 1.54) is 27.4 Å². The van der Waals surface area contributed by atoms with Crippen LogP contribution in [-0.2, 0) is 11.4 Å². The molecule has 16 heavy (non-hydrogen) atoms. The van der Waals surface area contributed by atoms with E-state index in [0.717, 1.165) is 0 Å². The van der Waals surface area contributed by atoms with E-state index in [9.17, 15) is 9.50 Å². The van der Waals surface area contributed by atoms with Crippen LogP contribution in [0.4, 0.5) is 4.39 Å². The molecule has 90 valence electrons. The van der Waals surface area contributed by atoms with E-state index >= 15 is 0 Å². The Balaban J connectivity index is 3.16. The number of methoxy groups -OCH3 is 2. The van der Waals surface area contributed by atoms with Gasteiger partial charge >= 0.3 is 0 Å². The molecule has 0 fully saturated rings. The standard InChI is InChI=1S/C10H14FNO4/c1-14-7-4-6(5-12-16-3)9(13)8(11)10(7)15-2/h4,12-13H,5H2,1-3H3. The number of hydrogen-bond acceptors (Lipinski definition) is 5. The minimum Gasteiger partial charge on any atom is -0.504 e. The number of aromatic hydroxyl groups is 1. The molecule has 0 atom stereocenters. The second-order valence-electron chi connectivity index (χ2n) is 2.96. The van der Waals surface area contributed by atoms with Gasteiger partial charge in [-0.25, -0.2) is 0 Å². The highest BCUT2D eigenvalue weighted by atomic mass is 19.1. The van der Waals surface area contributed by atoms with Gasteiger partial charge in [-0.05, 0) is 6.07 Å². The van der Waals surface area contributed by atoms with Crippen LogP contribution in [0, 0.1) is 5.82 Å². The van der Waals surface area contributed by atoms with Gasteiger partial charge in [-0.1, -0.05) is 0 Å². The third kappa shape index (κ3) is 2.34. The van der Waals surface area contributed by atoms with Gasteiger partial charge < -0.3 is 19.4 Å². The van der Waals surface area contributed by atoms with Gasteiger partial charge in [0.15, 0.2) is 11.5 Å². The van der Waals surface area contributed by atoms with Crippen molar-refractivity contribution in [2.45, 2.75) is 6.54 Å². The van der Waals surface area contributed by atoms with Crippen molar-refractivity contribution in [3.63, 3.8) is 0 Å². The van der Waals surface area contributed by atoms with E-state index < -0.39 is 11.6 Å². The van der Waals surface area contributed by atoms with Gasteiger partial charge in [0.25, 0.3) is 0 Å². The van der Waals surface area contributed by atoms with Gasteiger partial charge in [0, 0.05) is 12.1 Å². The Kier molecular flexibility index (Phi) is 4.33. The van der Waals surface area contributed by atoms with E-state index in [0.29, 0.717) is 5.56 Å². The normalized spacial score (nSPS) is 10.2. The highest BCUT2D eigenvalue weighted by molar-refractivity contribution is 5.51. The number of benzene rings is 1. The molecule has 0 unspecified atom stereocenters. The van der Waals surface area contributed by atoms with Crippen LogP contribution in [0.3, 0.4) is 0 Å². The number of phenols is 1. The molecular formula is C10H14FNO4. The fourth-order valence-corrected chi connectivity index (χ4v) is 1.28. The van der Waals surface area contributed by atoms with Crippen molar-refractivity contribution < 1.29 is 23.8 Å². The van der Waals surface area contributed by atoms with Crippen LogP contribution in [-0.4, -0.2) is 26.4 Å². The minimum absolute atomic E-state index is 0.124. The monoisotopic (exact) mass is 231 g/mol. The molecule has 2 N–H and O–H groups in total. The fraction of sp³-hybridized carbons (Fsp3) is 0.400. The highest BCUT2D eigenvalue weighted by Gasteiger charge is 2.18. The van der Waals surface area contributed by atoms with Crippen LogP contribution in [0.1, 0.15) is 5.56 Å². The maximum Gasteiger partial charge on any atom is 0.210 e. The molecule has 0 aromatic heterocycles. The Morgan fingerprint density at radius 2 is 2.00 bits per heavy atom. The molecule has 0 spiro atoms. The molecule has 0 amide bonds. The Morgan fingerprint density at radius 1 is 1.31 bits per heavy atom. The molecule has 0 heterocycles. The molecular weight excluding hydrogens is 217 g/mol. The smallest absolute Gasteiger partial charge is 0.210 e. The molecule has 5 nitrogen and oxygen atoms in total. The van der Waals surface area contributed by atoms with Crippen LogP contribution < -0.4 is 15.0 Å². The van der Waals surface area contributed by atoms with E-state index in [1.54, 1.807) is 0 Å². The van der Waals surface area contributed by atoms with Gasteiger partial charge in [0.1, 0.15) is 0 Å². The Hall–Kier alpha value is -1.53. The Bertz CT molecular complexity index is 370. The van der Waals surface area contributed by atoms with Crippen LogP contribution in [0.25, 0.3) is 0 Å². The first-order chi connectivity index (χ1) is 7.65. The van der Waals surface area contributed by atoms with Gasteiger partial charge in [-0.2, -0.15) is 9.87 Å². The third-order valence-electron chi connectivity index (χ3n) is 2.07. The second kappa shape index (κ2) is 5.53. The van der Waals surface area contributed by atoms with Crippen LogP contribution in [0.15, 0.2) is 6.07 Å². The highest BCUT2D eigenvalue weighted by Crippen LogP contribution is 2.38. The lowest BCUT2D eigenvalue weighted by Crippen LogP contribution is -2.11. The predicted octanol–water partition coefficient (Wildman–Crippen LogP) is 1.20. The quantitative estimate of drug-likeness (QED) is 0.746. The van der Waals surface area contributed by atoms with E-state index in [1.807, 2.05) is 0 Å². The van der Waals surface area contributed by atoms with Crippen molar-refractivity contribution in [2.75, 3.05) is 21.3 Å². The van der Waals surface area contributed by atoms with Crippen molar-refractivity contribution >= 4 is 0 Å². The molecule has 0 radical (unpaired) electrons. The van der Waals surface area contributed by atoms with Gasteiger partial charge in [-0.3, -0.25) is 0 Å². The van der Waals surface area contributed by atoms with E-state index in [4.69, 9.17) is 9.47 Å². The zero-order valence-electron chi connectivity index (χ0n) is 9.33. The third-order valence-corrected chi connectivity index (χ3v) is 2.07. The SMILES string of the molecule is CONCc1cc(OC)c(OC)c(F)c1O. The lowest BCUT2D eigenvalue weighted by molar-refractivity contribution is 0.0859. The molecule has 0 saturated carbocycles. The number of hydrogen-bond donors (Lipinski definition) is 2. The number of nitrogens with one attached hydrogen (secondary N) is 1. The minimum atomic E-state index is -0.852. The number of rotatable bonds is 5. The number of hydroxylamine groups is 1. The topological polar surface area (TPSA) is 60.0 Å². The van der Waals surface area contributed by atoms with Crippen LogP contribution >= 0.6 is 0 Å². The molecule has 0 aliphatic heterocycles. The second-order valence-corrected chi connectivity index (χ2v) is 2.96. The summed E-state index contributed by atoms with van der Waals surface area (Å²) in [4.78, 5) is 4.62. The summed E-state index contributed by atoms with van der Waals surface area (Å²) in [7, 11) is 4.11. The van der Waals surface area contributed by atoms with Crippen molar-refractivity contribution in [3.8, 4) is 17.2 Å².